The van der Waals surface area contributed by atoms with Crippen molar-refractivity contribution in [3.8, 4) is 0 Å². The van der Waals surface area contributed by atoms with Gasteiger partial charge in [0.25, 0.3) is 5.91 Å². The highest BCUT2D eigenvalue weighted by molar-refractivity contribution is 6.10. The third kappa shape index (κ3) is 3.10. The molecular weight excluding hydrogens is 319 g/mol. The van der Waals surface area contributed by atoms with Crippen molar-refractivity contribution in [3.05, 3.63) is 65.0 Å². The van der Waals surface area contributed by atoms with Crippen LogP contribution < -0.4 is 10.6 Å². The summed E-state index contributed by atoms with van der Waals surface area (Å²) in [5, 5.41) is 5.65. The Bertz CT molecular complexity index is 821. The van der Waals surface area contributed by atoms with E-state index < -0.39 is 28.9 Å². The summed E-state index contributed by atoms with van der Waals surface area (Å²) in [4.78, 5) is 16.6. The summed E-state index contributed by atoms with van der Waals surface area (Å²) < 4.78 is 40.0. The first kappa shape index (κ1) is 16.0. The Morgan fingerprint density at radius 3 is 2.62 bits per heavy atom. The van der Waals surface area contributed by atoms with Gasteiger partial charge in [0.15, 0.2) is 17.5 Å². The van der Waals surface area contributed by atoms with Crippen molar-refractivity contribution in [1.29, 1.82) is 0 Å². The van der Waals surface area contributed by atoms with Gasteiger partial charge in [-0.05, 0) is 30.7 Å². The van der Waals surface area contributed by atoms with Crippen LogP contribution >= 0.6 is 0 Å². The first-order chi connectivity index (χ1) is 11.6. The van der Waals surface area contributed by atoms with Crippen molar-refractivity contribution in [2.24, 2.45) is 4.99 Å². The number of nitrogens with one attached hydrogen (secondary N) is 2. The van der Waals surface area contributed by atoms with Gasteiger partial charge in [0.05, 0.1) is 11.3 Å². The number of benzene rings is 2. The average Bonchev–Trinajstić information content (AvgIpc) is 2.61. The Labute approximate surface area is 136 Å². The quantitative estimate of drug-likeness (QED) is 0.848. The van der Waals surface area contributed by atoms with Crippen molar-refractivity contribution in [3.63, 3.8) is 0 Å². The van der Waals surface area contributed by atoms with E-state index in [0.29, 0.717) is 29.7 Å². The Morgan fingerprint density at radius 1 is 1.08 bits per heavy atom. The third-order valence-electron chi connectivity index (χ3n) is 3.61. The highest BCUT2D eigenvalue weighted by Gasteiger charge is 2.20. The molecule has 1 aliphatic rings. The second-order valence-corrected chi connectivity index (χ2v) is 5.23. The van der Waals surface area contributed by atoms with Gasteiger partial charge < -0.3 is 10.6 Å². The molecule has 1 heterocycles. The van der Waals surface area contributed by atoms with Gasteiger partial charge in [-0.3, -0.25) is 9.79 Å². The summed E-state index contributed by atoms with van der Waals surface area (Å²) in [6.45, 7) is 1.43. The van der Waals surface area contributed by atoms with Gasteiger partial charge in [0, 0.05) is 18.7 Å². The summed E-state index contributed by atoms with van der Waals surface area (Å²) >= 11 is 0. The lowest BCUT2D eigenvalue weighted by atomic mass is 10.1. The van der Waals surface area contributed by atoms with E-state index in [-0.39, 0.29) is 0 Å². The summed E-state index contributed by atoms with van der Waals surface area (Å²) in [5.41, 5.74) is 0.482. The molecule has 2 N–H and O–H groups in total. The Morgan fingerprint density at radius 2 is 1.88 bits per heavy atom. The van der Waals surface area contributed by atoms with Crippen LogP contribution in [0.15, 0.2) is 41.4 Å². The maximum atomic E-state index is 13.8. The van der Waals surface area contributed by atoms with Crippen LogP contribution in [0.2, 0.25) is 0 Å². The molecule has 0 aliphatic carbocycles. The molecule has 0 unspecified atom stereocenters. The van der Waals surface area contributed by atoms with Crippen LogP contribution in [0.4, 0.5) is 18.9 Å². The molecule has 1 amide bonds. The number of hydrogen-bond donors (Lipinski definition) is 2. The molecular formula is C17H14F3N3O. The van der Waals surface area contributed by atoms with Gasteiger partial charge in [-0.2, -0.15) is 0 Å². The van der Waals surface area contributed by atoms with E-state index in [1.54, 1.807) is 24.3 Å². The molecule has 0 saturated carbocycles. The number of para-hydroxylation sites is 1. The number of amidine groups is 1. The molecule has 4 nitrogen and oxygen atoms in total. The van der Waals surface area contributed by atoms with Gasteiger partial charge in [-0.25, -0.2) is 13.2 Å². The lowest BCUT2D eigenvalue weighted by Crippen LogP contribution is -2.31. The number of aliphatic imine (C=N–C) groups is 1. The highest BCUT2D eigenvalue weighted by Crippen LogP contribution is 2.20. The predicted octanol–water partition coefficient (Wildman–Crippen LogP) is 3.10. The number of amides is 1. The van der Waals surface area contributed by atoms with Crippen molar-refractivity contribution >= 4 is 17.4 Å². The lowest BCUT2D eigenvalue weighted by Gasteiger charge is -2.18. The Balaban J connectivity index is 1.91. The maximum absolute atomic E-state index is 13.8. The molecule has 3 rings (SSSR count). The zero-order chi connectivity index (χ0) is 17.1. The van der Waals surface area contributed by atoms with Crippen LogP contribution in [0, 0.1) is 17.5 Å². The standard InChI is InChI=1S/C17H14F3N3O/c18-12-7-6-11(14(19)15(12)20)17(24)23-13-5-2-1-4-10(13)16-21-8-3-9-22-16/h1-2,4-7H,3,8-9H2,(H,21,22)(H,23,24). The Kier molecular flexibility index (Phi) is 4.50. The topological polar surface area (TPSA) is 53.5 Å². The Hall–Kier alpha value is -2.83. The highest BCUT2D eigenvalue weighted by atomic mass is 19.2. The normalized spacial score (nSPS) is 13.9. The second-order valence-electron chi connectivity index (χ2n) is 5.23. The van der Waals surface area contributed by atoms with Crippen molar-refractivity contribution in [2.75, 3.05) is 18.4 Å². The van der Waals surface area contributed by atoms with Crippen LogP contribution in [0.5, 0.6) is 0 Å². The minimum atomic E-state index is -1.67. The van der Waals surface area contributed by atoms with Crippen molar-refractivity contribution in [1.82, 2.24) is 5.32 Å². The third-order valence-corrected chi connectivity index (χ3v) is 3.61. The molecule has 0 spiro atoms. The molecule has 7 heteroatoms. The number of hydrogen-bond acceptors (Lipinski definition) is 3. The van der Waals surface area contributed by atoms with Crippen LogP contribution in [0.3, 0.4) is 0 Å². The summed E-state index contributed by atoms with van der Waals surface area (Å²) in [7, 11) is 0. The zero-order valence-corrected chi connectivity index (χ0v) is 12.6. The van der Waals surface area contributed by atoms with E-state index >= 15 is 0 Å². The number of carbonyl (C=O) groups excluding carboxylic acids is 1. The molecule has 0 saturated heterocycles. The van der Waals surface area contributed by atoms with Crippen LogP contribution in [-0.2, 0) is 0 Å². The number of halogens is 3. The van der Waals surface area contributed by atoms with Gasteiger partial charge in [-0.15, -0.1) is 0 Å². The molecule has 2 aromatic carbocycles. The largest absolute Gasteiger partial charge is 0.370 e. The van der Waals surface area contributed by atoms with Crippen LogP contribution in [-0.4, -0.2) is 24.8 Å². The van der Waals surface area contributed by atoms with Crippen LogP contribution in [0.1, 0.15) is 22.3 Å². The fourth-order valence-corrected chi connectivity index (χ4v) is 2.40. The van der Waals surface area contributed by atoms with E-state index in [1.165, 1.54) is 0 Å². The molecule has 0 atom stereocenters. The van der Waals surface area contributed by atoms with Gasteiger partial charge in [0.1, 0.15) is 5.84 Å². The molecule has 0 aromatic heterocycles. The summed E-state index contributed by atoms with van der Waals surface area (Å²) in [6, 6.07) is 8.48. The van der Waals surface area contributed by atoms with Gasteiger partial charge in [-0.1, -0.05) is 12.1 Å². The monoisotopic (exact) mass is 333 g/mol. The summed E-state index contributed by atoms with van der Waals surface area (Å²) in [6.07, 6.45) is 0.915. The van der Waals surface area contributed by atoms with Crippen molar-refractivity contribution in [2.45, 2.75) is 6.42 Å². The van der Waals surface area contributed by atoms with Crippen molar-refractivity contribution < 1.29 is 18.0 Å². The minimum Gasteiger partial charge on any atom is -0.370 e. The minimum absolute atomic E-state index is 0.403. The summed E-state index contributed by atoms with van der Waals surface area (Å²) in [5.74, 6) is -4.77. The molecule has 0 fully saturated rings. The van der Waals surface area contributed by atoms with E-state index in [0.717, 1.165) is 19.0 Å². The molecule has 0 bridgehead atoms. The number of carbonyl (C=O) groups is 1. The maximum Gasteiger partial charge on any atom is 0.258 e. The number of rotatable bonds is 3. The lowest BCUT2D eigenvalue weighted by molar-refractivity contribution is 0.102. The second kappa shape index (κ2) is 6.74. The van der Waals surface area contributed by atoms with Crippen LogP contribution in [0.25, 0.3) is 0 Å². The van der Waals surface area contributed by atoms with E-state index in [9.17, 15) is 18.0 Å². The number of anilines is 1. The fourth-order valence-electron chi connectivity index (χ4n) is 2.40. The first-order valence-electron chi connectivity index (χ1n) is 7.40. The zero-order valence-electron chi connectivity index (χ0n) is 12.6. The molecule has 24 heavy (non-hydrogen) atoms. The average molecular weight is 333 g/mol. The number of nitrogens with zero attached hydrogens (tertiary/aromatic N) is 1. The molecule has 0 radical (unpaired) electrons. The van der Waals surface area contributed by atoms with E-state index in [4.69, 9.17) is 0 Å². The van der Waals surface area contributed by atoms with Gasteiger partial charge >= 0.3 is 0 Å². The molecule has 124 valence electrons. The molecule has 2 aromatic rings. The predicted molar refractivity (Wildman–Crippen MR) is 84.7 cm³/mol. The molecule has 1 aliphatic heterocycles. The smallest absolute Gasteiger partial charge is 0.258 e. The van der Waals surface area contributed by atoms with E-state index in [2.05, 4.69) is 15.6 Å². The van der Waals surface area contributed by atoms with Gasteiger partial charge in [0.2, 0.25) is 0 Å². The fraction of sp³-hybridized carbons (Fsp3) is 0.176. The first-order valence-corrected chi connectivity index (χ1v) is 7.40. The van der Waals surface area contributed by atoms with E-state index in [1.807, 2.05) is 0 Å². The SMILES string of the molecule is O=C(Nc1ccccc1C1=NCCCN1)c1ccc(F)c(F)c1F.